The van der Waals surface area contributed by atoms with Crippen LogP contribution in [0.2, 0.25) is 0 Å². The molecule has 1 atom stereocenters. The minimum absolute atomic E-state index is 0.218. The molecule has 1 N–H and O–H groups in total. The molecule has 1 unspecified atom stereocenters. The van der Waals surface area contributed by atoms with Gasteiger partial charge in [-0.1, -0.05) is 0 Å². The van der Waals surface area contributed by atoms with Crippen molar-refractivity contribution in [3.63, 3.8) is 0 Å². The molecule has 0 aliphatic heterocycles. The number of rotatable bonds is 4. The van der Waals surface area contributed by atoms with Crippen LogP contribution >= 0.6 is 27.3 Å². The fraction of sp³-hybridized carbons (Fsp3) is 0.333. The zero-order valence-electron chi connectivity index (χ0n) is 12.2. The second kappa shape index (κ2) is 5.87. The second-order valence-electron chi connectivity index (χ2n) is 5.09. The number of hydrogen-bond acceptors (Lipinski definition) is 4. The van der Waals surface area contributed by atoms with Crippen LogP contribution in [0.5, 0.6) is 0 Å². The molecule has 3 aromatic rings. The summed E-state index contributed by atoms with van der Waals surface area (Å²) in [7, 11) is 3.97. The van der Waals surface area contributed by atoms with Crippen molar-refractivity contribution in [2.24, 2.45) is 7.05 Å². The Morgan fingerprint density at radius 2 is 2.29 bits per heavy atom. The SMILES string of the molecule is CNC(Cc1c(Br)c(C)nn1C)c1cnc2ccsc2c1. The van der Waals surface area contributed by atoms with E-state index < -0.39 is 0 Å². The van der Waals surface area contributed by atoms with Crippen molar-refractivity contribution in [3.05, 3.63) is 45.1 Å². The fourth-order valence-electron chi connectivity index (χ4n) is 2.53. The lowest BCUT2D eigenvalue weighted by Gasteiger charge is -2.17. The molecular formula is C15H17BrN4S. The standard InChI is InChI=1S/C15H17BrN4S/c1-9-15(16)13(20(3)19-9)7-12(17-2)10-6-14-11(18-8-10)4-5-21-14/h4-6,8,12,17H,7H2,1-3H3. The second-order valence-corrected chi connectivity index (χ2v) is 6.83. The number of aryl methyl sites for hydroxylation is 2. The predicted molar refractivity (Wildman–Crippen MR) is 90.8 cm³/mol. The highest BCUT2D eigenvalue weighted by Crippen LogP contribution is 2.28. The Balaban J connectivity index is 1.94. The monoisotopic (exact) mass is 364 g/mol. The average Bonchev–Trinajstić information content (AvgIpc) is 3.03. The molecule has 0 saturated carbocycles. The van der Waals surface area contributed by atoms with Crippen LogP contribution in [0.15, 0.2) is 28.2 Å². The number of aromatic nitrogens is 3. The number of halogens is 1. The number of fused-ring (bicyclic) bond motifs is 1. The van der Waals surface area contributed by atoms with Gasteiger partial charge in [-0.3, -0.25) is 9.67 Å². The van der Waals surface area contributed by atoms with Crippen molar-refractivity contribution in [1.29, 1.82) is 0 Å². The summed E-state index contributed by atoms with van der Waals surface area (Å²) in [4.78, 5) is 4.54. The van der Waals surface area contributed by atoms with Crippen LogP contribution in [0.3, 0.4) is 0 Å². The molecule has 3 heterocycles. The number of likely N-dealkylation sites (N-methyl/N-ethyl adjacent to an activating group) is 1. The molecular weight excluding hydrogens is 348 g/mol. The summed E-state index contributed by atoms with van der Waals surface area (Å²) in [6, 6.07) is 4.50. The first-order valence-electron chi connectivity index (χ1n) is 6.78. The molecule has 3 aromatic heterocycles. The topological polar surface area (TPSA) is 42.7 Å². The Morgan fingerprint density at radius 1 is 1.48 bits per heavy atom. The Bertz CT molecular complexity index is 777. The molecule has 0 saturated heterocycles. The molecule has 0 aromatic carbocycles. The van der Waals surface area contributed by atoms with Gasteiger partial charge >= 0.3 is 0 Å². The van der Waals surface area contributed by atoms with Crippen LogP contribution < -0.4 is 5.32 Å². The molecule has 0 radical (unpaired) electrons. The third-order valence-electron chi connectivity index (χ3n) is 3.73. The maximum absolute atomic E-state index is 4.54. The van der Waals surface area contributed by atoms with E-state index in [1.54, 1.807) is 11.3 Å². The largest absolute Gasteiger partial charge is 0.313 e. The molecule has 21 heavy (non-hydrogen) atoms. The van der Waals surface area contributed by atoms with Crippen molar-refractivity contribution in [1.82, 2.24) is 20.1 Å². The van der Waals surface area contributed by atoms with E-state index in [9.17, 15) is 0 Å². The van der Waals surface area contributed by atoms with Gasteiger partial charge in [-0.05, 0) is 53.0 Å². The smallest absolute Gasteiger partial charge is 0.0809 e. The van der Waals surface area contributed by atoms with E-state index in [0.29, 0.717) is 0 Å². The zero-order valence-corrected chi connectivity index (χ0v) is 14.6. The summed E-state index contributed by atoms with van der Waals surface area (Å²) in [5, 5.41) is 9.93. The van der Waals surface area contributed by atoms with Crippen molar-refractivity contribution < 1.29 is 0 Å². The molecule has 0 amide bonds. The number of nitrogens with one attached hydrogen (secondary N) is 1. The Labute approximate surface area is 136 Å². The van der Waals surface area contributed by atoms with Crippen LogP contribution in [-0.4, -0.2) is 21.8 Å². The molecule has 0 aliphatic rings. The van der Waals surface area contributed by atoms with E-state index in [0.717, 1.165) is 22.1 Å². The van der Waals surface area contributed by atoms with Gasteiger partial charge in [-0.2, -0.15) is 5.10 Å². The molecule has 0 spiro atoms. The minimum atomic E-state index is 0.218. The average molecular weight is 365 g/mol. The van der Waals surface area contributed by atoms with Gasteiger partial charge in [0.05, 0.1) is 26.1 Å². The third-order valence-corrected chi connectivity index (χ3v) is 5.62. The minimum Gasteiger partial charge on any atom is -0.313 e. The van der Waals surface area contributed by atoms with E-state index in [1.165, 1.54) is 16.0 Å². The lowest BCUT2D eigenvalue weighted by Crippen LogP contribution is -2.20. The predicted octanol–water partition coefficient (Wildman–Crippen LogP) is 3.60. The van der Waals surface area contributed by atoms with E-state index in [2.05, 4.69) is 48.8 Å². The highest BCUT2D eigenvalue weighted by atomic mass is 79.9. The van der Waals surface area contributed by atoms with E-state index in [1.807, 2.05) is 31.9 Å². The Morgan fingerprint density at radius 3 is 2.95 bits per heavy atom. The van der Waals surface area contributed by atoms with Crippen LogP contribution in [0, 0.1) is 6.92 Å². The highest BCUT2D eigenvalue weighted by molar-refractivity contribution is 9.10. The summed E-state index contributed by atoms with van der Waals surface area (Å²) in [5.74, 6) is 0. The first kappa shape index (κ1) is 14.7. The molecule has 0 bridgehead atoms. The lowest BCUT2D eigenvalue weighted by atomic mass is 10.0. The number of nitrogens with zero attached hydrogens (tertiary/aromatic N) is 3. The number of pyridine rings is 1. The van der Waals surface area contributed by atoms with Crippen molar-refractivity contribution in [3.8, 4) is 0 Å². The van der Waals surface area contributed by atoms with E-state index in [-0.39, 0.29) is 6.04 Å². The summed E-state index contributed by atoms with van der Waals surface area (Å²) in [6.45, 7) is 2.02. The molecule has 0 fully saturated rings. The highest BCUT2D eigenvalue weighted by Gasteiger charge is 2.18. The normalized spacial score (nSPS) is 13.0. The van der Waals surface area contributed by atoms with Gasteiger partial charge in [-0.25, -0.2) is 0 Å². The molecule has 110 valence electrons. The first-order valence-corrected chi connectivity index (χ1v) is 8.45. The summed E-state index contributed by atoms with van der Waals surface area (Å²) in [6.07, 6.45) is 2.83. The van der Waals surface area contributed by atoms with Crippen molar-refractivity contribution in [2.45, 2.75) is 19.4 Å². The summed E-state index contributed by atoms with van der Waals surface area (Å²) >= 11 is 5.37. The number of thiophene rings is 1. The quantitative estimate of drug-likeness (QED) is 0.768. The van der Waals surface area contributed by atoms with Crippen LogP contribution in [-0.2, 0) is 13.5 Å². The Hall–Kier alpha value is -1.24. The summed E-state index contributed by atoms with van der Waals surface area (Å²) < 4.78 is 4.27. The van der Waals surface area contributed by atoms with Crippen LogP contribution in [0.25, 0.3) is 10.2 Å². The fourth-order valence-corrected chi connectivity index (χ4v) is 3.82. The zero-order chi connectivity index (χ0) is 15.0. The van der Waals surface area contributed by atoms with Gasteiger partial charge in [0.1, 0.15) is 0 Å². The van der Waals surface area contributed by atoms with Gasteiger partial charge in [0.15, 0.2) is 0 Å². The molecule has 4 nitrogen and oxygen atoms in total. The van der Waals surface area contributed by atoms with Gasteiger partial charge in [0.2, 0.25) is 0 Å². The van der Waals surface area contributed by atoms with Crippen LogP contribution in [0.1, 0.15) is 23.0 Å². The van der Waals surface area contributed by atoms with Gasteiger partial charge < -0.3 is 5.32 Å². The van der Waals surface area contributed by atoms with Gasteiger partial charge in [0.25, 0.3) is 0 Å². The van der Waals surface area contributed by atoms with E-state index in [4.69, 9.17) is 0 Å². The van der Waals surface area contributed by atoms with E-state index >= 15 is 0 Å². The van der Waals surface area contributed by atoms with Crippen molar-refractivity contribution in [2.75, 3.05) is 7.05 Å². The number of hydrogen-bond donors (Lipinski definition) is 1. The van der Waals surface area contributed by atoms with Gasteiger partial charge in [-0.15, -0.1) is 11.3 Å². The Kier molecular flexibility index (Phi) is 4.10. The van der Waals surface area contributed by atoms with Gasteiger partial charge in [0, 0.05) is 25.7 Å². The maximum Gasteiger partial charge on any atom is 0.0809 e. The maximum atomic E-state index is 4.54. The molecule has 0 aliphatic carbocycles. The molecule has 6 heteroatoms. The first-order chi connectivity index (χ1) is 10.1. The lowest BCUT2D eigenvalue weighted by molar-refractivity contribution is 0.559. The summed E-state index contributed by atoms with van der Waals surface area (Å²) in [5.41, 5.74) is 4.49. The van der Waals surface area contributed by atoms with Crippen LogP contribution in [0.4, 0.5) is 0 Å². The molecule has 3 rings (SSSR count). The third kappa shape index (κ3) is 2.75. The van der Waals surface area contributed by atoms with Crippen molar-refractivity contribution >= 4 is 37.5 Å².